The lowest BCUT2D eigenvalue weighted by Gasteiger charge is -2.27. The van der Waals surface area contributed by atoms with E-state index < -0.39 is 23.7 Å². The highest BCUT2D eigenvalue weighted by Gasteiger charge is 2.46. The number of benzene rings is 2. The van der Waals surface area contributed by atoms with Gasteiger partial charge in [0.15, 0.2) is 0 Å². The van der Waals surface area contributed by atoms with Crippen molar-refractivity contribution in [3.63, 3.8) is 0 Å². The van der Waals surface area contributed by atoms with Crippen LogP contribution in [0.3, 0.4) is 0 Å². The fraction of sp³-hybridized carbons (Fsp3) is 0.393. The molecule has 1 saturated heterocycles. The normalized spacial score (nSPS) is 17.2. The molecule has 8 heteroatoms. The van der Waals surface area contributed by atoms with Crippen LogP contribution in [0.2, 0.25) is 0 Å². The summed E-state index contributed by atoms with van der Waals surface area (Å²) in [7, 11) is 5.34. The molecule has 0 bridgehead atoms. The van der Waals surface area contributed by atoms with E-state index in [4.69, 9.17) is 9.47 Å². The maximum absolute atomic E-state index is 13.3. The zero-order chi connectivity index (χ0) is 26.7. The van der Waals surface area contributed by atoms with Crippen LogP contribution in [0.5, 0.6) is 11.5 Å². The SMILES string of the molecule is COc1cc(C)c(/C(O)=C2\C(=O)C(=O)N(CCN(C)C)C2c2cccc(OC(C)=O)c2)cc1C(C)C. The summed E-state index contributed by atoms with van der Waals surface area (Å²) in [5.74, 6) is -1.08. The standard InChI is InChI=1S/C28H34N2O6/c1-16(2)21-15-22(17(3)13-23(21)35-7)26(32)24-25(19-9-8-10-20(14-19)36-18(4)31)30(12-11-29(5)6)28(34)27(24)33/h8-10,13-16,25,32H,11-12H2,1-7H3/b26-24+. The molecule has 1 amide bonds. The number of carbonyl (C=O) groups excluding carboxylic acids is 3. The summed E-state index contributed by atoms with van der Waals surface area (Å²) in [6.45, 7) is 7.94. The minimum absolute atomic E-state index is 0.00158. The van der Waals surface area contributed by atoms with Crippen molar-refractivity contribution < 1.29 is 29.0 Å². The molecule has 1 aliphatic rings. The van der Waals surface area contributed by atoms with Crippen LogP contribution in [0.15, 0.2) is 42.0 Å². The summed E-state index contributed by atoms with van der Waals surface area (Å²) < 4.78 is 10.8. The van der Waals surface area contributed by atoms with Gasteiger partial charge in [-0.15, -0.1) is 0 Å². The van der Waals surface area contributed by atoms with E-state index in [1.165, 1.54) is 11.8 Å². The van der Waals surface area contributed by atoms with E-state index in [2.05, 4.69) is 0 Å². The molecule has 192 valence electrons. The summed E-state index contributed by atoms with van der Waals surface area (Å²) in [5, 5.41) is 11.5. The molecule has 1 unspecified atom stereocenters. The number of ether oxygens (including phenoxy) is 2. The van der Waals surface area contributed by atoms with E-state index in [9.17, 15) is 19.5 Å². The molecule has 8 nitrogen and oxygen atoms in total. The van der Waals surface area contributed by atoms with Crippen LogP contribution in [-0.2, 0) is 14.4 Å². The third-order valence-corrected chi connectivity index (χ3v) is 6.22. The van der Waals surface area contributed by atoms with Crippen molar-refractivity contribution in [2.45, 2.75) is 39.7 Å². The lowest BCUT2D eigenvalue weighted by molar-refractivity contribution is -0.140. The number of carbonyl (C=O) groups is 3. The molecule has 1 N–H and O–H groups in total. The van der Waals surface area contributed by atoms with Crippen LogP contribution in [0, 0.1) is 6.92 Å². The van der Waals surface area contributed by atoms with Crippen LogP contribution in [0.25, 0.3) is 5.76 Å². The smallest absolute Gasteiger partial charge is 0.308 e. The highest BCUT2D eigenvalue weighted by Crippen LogP contribution is 2.42. The number of likely N-dealkylation sites (N-methyl/N-ethyl adjacent to an activating group) is 1. The second kappa shape index (κ2) is 11.0. The number of methoxy groups -OCH3 is 1. The number of rotatable bonds is 8. The molecule has 0 saturated carbocycles. The van der Waals surface area contributed by atoms with E-state index in [1.807, 2.05) is 51.9 Å². The summed E-state index contributed by atoms with van der Waals surface area (Å²) in [6.07, 6.45) is 0. The minimum atomic E-state index is -0.843. The highest BCUT2D eigenvalue weighted by atomic mass is 16.5. The lowest BCUT2D eigenvalue weighted by atomic mass is 9.91. The van der Waals surface area contributed by atoms with Gasteiger partial charge in [-0.1, -0.05) is 26.0 Å². The minimum Gasteiger partial charge on any atom is -0.507 e. The first-order valence-electron chi connectivity index (χ1n) is 11.9. The molecule has 0 spiro atoms. The van der Waals surface area contributed by atoms with Gasteiger partial charge in [0.25, 0.3) is 11.7 Å². The van der Waals surface area contributed by atoms with Gasteiger partial charge in [0.05, 0.1) is 18.7 Å². The van der Waals surface area contributed by atoms with E-state index in [1.54, 1.807) is 31.4 Å². The third kappa shape index (κ3) is 5.44. The number of aliphatic hydroxyl groups is 1. The first-order valence-corrected chi connectivity index (χ1v) is 11.9. The molecule has 0 aromatic heterocycles. The number of amides is 1. The Morgan fingerprint density at radius 1 is 1.17 bits per heavy atom. The second-order valence-electron chi connectivity index (χ2n) is 9.53. The van der Waals surface area contributed by atoms with E-state index >= 15 is 0 Å². The molecule has 1 fully saturated rings. The van der Waals surface area contributed by atoms with Crippen molar-refractivity contribution in [3.8, 4) is 11.5 Å². The van der Waals surface area contributed by atoms with Gasteiger partial charge < -0.3 is 24.4 Å². The van der Waals surface area contributed by atoms with Crippen molar-refractivity contribution in [2.24, 2.45) is 0 Å². The Morgan fingerprint density at radius 2 is 1.86 bits per heavy atom. The molecule has 3 rings (SSSR count). The fourth-order valence-electron chi connectivity index (χ4n) is 4.41. The first kappa shape index (κ1) is 26.9. The number of ketones is 1. The molecule has 36 heavy (non-hydrogen) atoms. The lowest BCUT2D eigenvalue weighted by Crippen LogP contribution is -2.35. The van der Waals surface area contributed by atoms with Crippen LogP contribution in [0.4, 0.5) is 0 Å². The average Bonchev–Trinajstić information content (AvgIpc) is 3.06. The molecule has 1 heterocycles. The van der Waals surface area contributed by atoms with Crippen molar-refractivity contribution >= 4 is 23.4 Å². The fourth-order valence-corrected chi connectivity index (χ4v) is 4.41. The predicted molar refractivity (Wildman–Crippen MR) is 137 cm³/mol. The van der Waals surface area contributed by atoms with Crippen LogP contribution in [-0.4, -0.2) is 66.9 Å². The third-order valence-electron chi connectivity index (χ3n) is 6.22. The van der Waals surface area contributed by atoms with Gasteiger partial charge in [0.1, 0.15) is 17.3 Å². The number of aryl methyl sites for hydroxylation is 1. The van der Waals surface area contributed by atoms with Crippen molar-refractivity contribution in [2.75, 3.05) is 34.3 Å². The quantitative estimate of drug-likeness (QED) is 0.195. The van der Waals surface area contributed by atoms with Gasteiger partial charge in [-0.2, -0.15) is 0 Å². The van der Waals surface area contributed by atoms with Crippen molar-refractivity contribution in [1.82, 2.24) is 9.80 Å². The number of likely N-dealkylation sites (tertiary alicyclic amines) is 1. The zero-order valence-corrected chi connectivity index (χ0v) is 21.9. The van der Waals surface area contributed by atoms with E-state index in [0.29, 0.717) is 34.7 Å². The molecule has 1 aliphatic heterocycles. The largest absolute Gasteiger partial charge is 0.507 e. The Morgan fingerprint density at radius 3 is 2.44 bits per heavy atom. The summed E-state index contributed by atoms with van der Waals surface area (Å²) in [6, 6.07) is 9.48. The Kier molecular flexibility index (Phi) is 8.20. The van der Waals surface area contributed by atoms with Gasteiger partial charge in [-0.3, -0.25) is 14.4 Å². The Bertz CT molecular complexity index is 1210. The summed E-state index contributed by atoms with van der Waals surface area (Å²) >= 11 is 0. The van der Waals surface area contributed by atoms with Gasteiger partial charge in [-0.25, -0.2) is 0 Å². The van der Waals surface area contributed by atoms with Gasteiger partial charge in [0.2, 0.25) is 0 Å². The first-order chi connectivity index (χ1) is 17.0. The van der Waals surface area contributed by atoms with Gasteiger partial charge in [0, 0.05) is 25.6 Å². The molecule has 0 radical (unpaired) electrons. The van der Waals surface area contributed by atoms with Crippen LogP contribution >= 0.6 is 0 Å². The number of nitrogens with zero attached hydrogens (tertiary/aromatic N) is 2. The van der Waals surface area contributed by atoms with Crippen molar-refractivity contribution in [3.05, 3.63) is 64.2 Å². The van der Waals surface area contributed by atoms with Crippen LogP contribution < -0.4 is 9.47 Å². The molecule has 1 atom stereocenters. The number of hydrogen-bond donors (Lipinski definition) is 1. The number of aliphatic hydroxyl groups excluding tert-OH is 1. The Balaban J connectivity index is 2.24. The number of hydrogen-bond acceptors (Lipinski definition) is 7. The monoisotopic (exact) mass is 494 g/mol. The molecular formula is C28H34N2O6. The van der Waals surface area contributed by atoms with Gasteiger partial charge >= 0.3 is 5.97 Å². The number of esters is 1. The molecule has 0 aliphatic carbocycles. The van der Waals surface area contributed by atoms with E-state index in [-0.39, 0.29) is 23.8 Å². The van der Waals surface area contributed by atoms with Crippen molar-refractivity contribution in [1.29, 1.82) is 0 Å². The highest BCUT2D eigenvalue weighted by molar-refractivity contribution is 6.46. The predicted octanol–water partition coefficient (Wildman–Crippen LogP) is 4.04. The summed E-state index contributed by atoms with van der Waals surface area (Å²) in [4.78, 5) is 41.4. The molecule has 2 aromatic carbocycles. The number of Topliss-reactive ketones (excluding diaryl/α,β-unsaturated/α-hetero) is 1. The topological polar surface area (TPSA) is 96.4 Å². The second-order valence-corrected chi connectivity index (χ2v) is 9.53. The van der Waals surface area contributed by atoms with Gasteiger partial charge in [-0.05, 0) is 67.9 Å². The molecule has 2 aromatic rings. The maximum atomic E-state index is 13.3. The maximum Gasteiger partial charge on any atom is 0.308 e. The summed E-state index contributed by atoms with van der Waals surface area (Å²) in [5.41, 5.74) is 2.61. The van der Waals surface area contributed by atoms with Crippen LogP contribution in [0.1, 0.15) is 55.0 Å². The zero-order valence-electron chi connectivity index (χ0n) is 21.9. The average molecular weight is 495 g/mol. The Labute approximate surface area is 212 Å². The van der Waals surface area contributed by atoms with E-state index in [0.717, 1.165) is 5.56 Å². The molecular weight excluding hydrogens is 460 g/mol. The Hall–Kier alpha value is -3.65.